The topological polar surface area (TPSA) is 106 Å². The van der Waals surface area contributed by atoms with E-state index in [-0.39, 0.29) is 34.9 Å². The Bertz CT molecular complexity index is 1250. The molecule has 1 aromatic heterocycles. The van der Waals surface area contributed by atoms with E-state index in [0.29, 0.717) is 29.7 Å². The zero-order chi connectivity index (χ0) is 24.9. The average molecular weight is 494 g/mol. The summed E-state index contributed by atoms with van der Waals surface area (Å²) in [4.78, 5) is 31.8. The number of sulfone groups is 1. The molecule has 1 N–H and O–H groups in total. The van der Waals surface area contributed by atoms with E-state index < -0.39 is 27.4 Å². The molecule has 0 spiro atoms. The van der Waals surface area contributed by atoms with Crippen LogP contribution in [-0.4, -0.2) is 48.9 Å². The first-order valence-electron chi connectivity index (χ1n) is 10.7. The summed E-state index contributed by atoms with van der Waals surface area (Å²) < 4.78 is 53.2. The Kier molecular flexibility index (Phi) is 5.87. The maximum atomic E-state index is 13.3. The molecule has 1 saturated heterocycles. The molecule has 0 saturated carbocycles. The molecule has 182 valence electrons. The lowest BCUT2D eigenvalue weighted by molar-refractivity contribution is -0.121. The van der Waals surface area contributed by atoms with Crippen molar-refractivity contribution in [2.45, 2.75) is 51.2 Å². The normalized spacial score (nSPS) is 20.2. The molecular formula is C23H25F2N3O5S. The number of carbonyl (C=O) groups excluding carboxylic acids is 2. The Balaban J connectivity index is 1.63. The monoisotopic (exact) mass is 493 g/mol. The van der Waals surface area contributed by atoms with Crippen molar-refractivity contribution < 1.29 is 31.5 Å². The molecule has 1 aromatic carbocycles. The van der Waals surface area contributed by atoms with Crippen molar-refractivity contribution in [1.82, 2.24) is 10.3 Å². The van der Waals surface area contributed by atoms with Gasteiger partial charge in [0, 0.05) is 23.4 Å². The Labute approximate surface area is 196 Å². The smallest absolute Gasteiger partial charge is 0.387 e. The van der Waals surface area contributed by atoms with Crippen molar-refractivity contribution in [3.05, 3.63) is 47.7 Å². The predicted octanol–water partition coefficient (Wildman–Crippen LogP) is 3.34. The number of benzene rings is 1. The fourth-order valence-corrected chi connectivity index (χ4v) is 5.99. The van der Waals surface area contributed by atoms with Crippen LogP contribution >= 0.6 is 0 Å². The van der Waals surface area contributed by atoms with Crippen molar-refractivity contribution in [3.8, 4) is 5.75 Å². The van der Waals surface area contributed by atoms with Crippen molar-refractivity contribution in [2.24, 2.45) is 0 Å². The van der Waals surface area contributed by atoms with Crippen LogP contribution in [0.2, 0.25) is 0 Å². The Morgan fingerprint density at radius 1 is 1.15 bits per heavy atom. The molecule has 2 amide bonds. The summed E-state index contributed by atoms with van der Waals surface area (Å²) in [5, 5.41) is 2.95. The van der Waals surface area contributed by atoms with Gasteiger partial charge in [-0.3, -0.25) is 14.5 Å². The van der Waals surface area contributed by atoms with E-state index in [1.165, 1.54) is 23.2 Å². The Morgan fingerprint density at radius 2 is 1.82 bits per heavy atom. The number of aromatic nitrogens is 1. The van der Waals surface area contributed by atoms with Gasteiger partial charge in [0.15, 0.2) is 0 Å². The molecule has 0 radical (unpaired) electrons. The van der Waals surface area contributed by atoms with Gasteiger partial charge in [0.25, 0.3) is 5.91 Å². The molecule has 3 heterocycles. The molecule has 8 nitrogen and oxygen atoms in total. The van der Waals surface area contributed by atoms with E-state index >= 15 is 0 Å². The predicted molar refractivity (Wildman–Crippen MR) is 121 cm³/mol. The number of ether oxygens (including phenoxy) is 1. The van der Waals surface area contributed by atoms with Gasteiger partial charge in [0.1, 0.15) is 21.4 Å². The number of nitrogens with one attached hydrogen (secondary N) is 1. The standard InChI is InChI=1S/C23H25F2N3O5S/c1-22(2)16-12-14(19(29)27-23(3)7-10-34(31,32)11-8-23)4-5-17(16)28(20(22)30)18-13-15(6-9-26-18)33-21(24)25/h4-6,9,12-13,21H,7-8,10-11H2,1-3H3,(H,27,29). The zero-order valence-corrected chi connectivity index (χ0v) is 19.8. The largest absolute Gasteiger partial charge is 0.435 e. The van der Waals surface area contributed by atoms with Gasteiger partial charge in [-0.25, -0.2) is 13.4 Å². The second kappa shape index (κ2) is 8.30. The van der Waals surface area contributed by atoms with E-state index in [0.717, 1.165) is 0 Å². The first-order valence-corrected chi connectivity index (χ1v) is 12.6. The van der Waals surface area contributed by atoms with Gasteiger partial charge in [0.2, 0.25) is 5.91 Å². The number of fused-ring (bicyclic) bond motifs is 1. The van der Waals surface area contributed by atoms with E-state index in [2.05, 4.69) is 15.0 Å². The maximum Gasteiger partial charge on any atom is 0.387 e. The zero-order valence-electron chi connectivity index (χ0n) is 19.0. The van der Waals surface area contributed by atoms with Gasteiger partial charge in [-0.05, 0) is 63.4 Å². The van der Waals surface area contributed by atoms with Crippen molar-refractivity contribution >= 4 is 33.2 Å². The van der Waals surface area contributed by atoms with Crippen LogP contribution in [0, 0.1) is 0 Å². The summed E-state index contributed by atoms with van der Waals surface area (Å²) in [7, 11) is -3.08. The van der Waals surface area contributed by atoms with Gasteiger partial charge >= 0.3 is 6.61 Å². The first kappa shape index (κ1) is 24.1. The summed E-state index contributed by atoms with van der Waals surface area (Å²) >= 11 is 0. The van der Waals surface area contributed by atoms with E-state index in [4.69, 9.17) is 0 Å². The third-order valence-corrected chi connectivity index (χ3v) is 8.08. The fourth-order valence-electron chi connectivity index (χ4n) is 4.26. The fraction of sp³-hybridized carbons (Fsp3) is 0.435. The number of carbonyl (C=O) groups is 2. The van der Waals surface area contributed by atoms with E-state index in [1.807, 2.05) is 6.92 Å². The molecule has 2 aliphatic rings. The van der Waals surface area contributed by atoms with Crippen LogP contribution in [0.5, 0.6) is 5.75 Å². The Hall–Kier alpha value is -3.08. The highest BCUT2D eigenvalue weighted by Gasteiger charge is 2.45. The second-order valence-corrected chi connectivity index (χ2v) is 11.7. The highest BCUT2D eigenvalue weighted by atomic mass is 32.2. The van der Waals surface area contributed by atoms with Crippen molar-refractivity contribution in [1.29, 1.82) is 0 Å². The average Bonchev–Trinajstić information content (AvgIpc) is 2.95. The lowest BCUT2D eigenvalue weighted by Gasteiger charge is -2.34. The third kappa shape index (κ3) is 4.48. The SMILES string of the molecule is CC1(NC(=O)c2ccc3c(c2)C(C)(C)C(=O)N3c2cc(OC(F)F)ccn2)CCS(=O)(=O)CC1. The molecule has 4 rings (SSSR count). The molecule has 0 aliphatic carbocycles. The van der Waals surface area contributed by atoms with E-state index in [9.17, 15) is 26.8 Å². The van der Waals surface area contributed by atoms with Gasteiger partial charge in [-0.15, -0.1) is 0 Å². The van der Waals surface area contributed by atoms with Crippen LogP contribution in [0.4, 0.5) is 20.3 Å². The van der Waals surface area contributed by atoms with E-state index in [1.54, 1.807) is 32.0 Å². The second-order valence-electron chi connectivity index (χ2n) is 9.39. The minimum atomic E-state index is -3.08. The summed E-state index contributed by atoms with van der Waals surface area (Å²) in [6, 6.07) is 7.34. The van der Waals surface area contributed by atoms with Crippen molar-refractivity contribution in [2.75, 3.05) is 16.4 Å². The summed E-state index contributed by atoms with van der Waals surface area (Å²) in [5.41, 5.74) is -0.241. The molecule has 0 unspecified atom stereocenters. The number of hydrogen-bond acceptors (Lipinski definition) is 6. The Morgan fingerprint density at radius 3 is 2.47 bits per heavy atom. The van der Waals surface area contributed by atoms with Crippen LogP contribution in [-0.2, 0) is 20.0 Å². The van der Waals surface area contributed by atoms with Gasteiger partial charge < -0.3 is 10.1 Å². The summed E-state index contributed by atoms with van der Waals surface area (Å²) in [6.07, 6.45) is 1.93. The van der Waals surface area contributed by atoms with Crippen molar-refractivity contribution in [3.63, 3.8) is 0 Å². The van der Waals surface area contributed by atoms with Gasteiger partial charge in [-0.1, -0.05) is 0 Å². The third-order valence-electron chi connectivity index (χ3n) is 6.43. The van der Waals surface area contributed by atoms with Crippen LogP contribution in [0.1, 0.15) is 49.5 Å². The van der Waals surface area contributed by atoms with Crippen LogP contribution in [0.15, 0.2) is 36.5 Å². The van der Waals surface area contributed by atoms with Crippen LogP contribution in [0.25, 0.3) is 0 Å². The number of rotatable bonds is 5. The molecule has 0 atom stereocenters. The number of alkyl halides is 2. The summed E-state index contributed by atoms with van der Waals surface area (Å²) in [5.74, 6) is -0.652. The quantitative estimate of drug-likeness (QED) is 0.685. The van der Waals surface area contributed by atoms with Gasteiger partial charge in [-0.2, -0.15) is 8.78 Å². The minimum absolute atomic E-state index is 0.0196. The molecule has 11 heteroatoms. The molecule has 2 aliphatic heterocycles. The number of hydrogen-bond donors (Lipinski definition) is 1. The maximum absolute atomic E-state index is 13.3. The highest BCUT2D eigenvalue weighted by molar-refractivity contribution is 7.91. The molecule has 2 aromatic rings. The number of anilines is 2. The molecule has 0 bridgehead atoms. The summed E-state index contributed by atoms with van der Waals surface area (Å²) in [6.45, 7) is 2.23. The lowest BCUT2D eigenvalue weighted by Crippen LogP contribution is -2.50. The molecule has 1 fully saturated rings. The van der Waals surface area contributed by atoms with Crippen LogP contribution in [0.3, 0.4) is 0 Å². The molecule has 34 heavy (non-hydrogen) atoms. The van der Waals surface area contributed by atoms with Crippen LogP contribution < -0.4 is 15.0 Å². The lowest BCUT2D eigenvalue weighted by atomic mass is 9.85. The number of pyridine rings is 1. The number of halogens is 2. The first-order chi connectivity index (χ1) is 15.8. The molecular weight excluding hydrogens is 468 g/mol. The number of nitrogens with zero attached hydrogens (tertiary/aromatic N) is 2. The van der Waals surface area contributed by atoms with Gasteiger partial charge in [0.05, 0.1) is 22.6 Å². The minimum Gasteiger partial charge on any atom is -0.435 e. The highest BCUT2D eigenvalue weighted by Crippen LogP contribution is 2.45. The number of amides is 2.